The summed E-state index contributed by atoms with van der Waals surface area (Å²) in [7, 11) is -2.31. The molecule has 8 heteroatoms. The zero-order valence-corrected chi connectivity index (χ0v) is 14.4. The number of rotatable bonds is 4. The molecule has 0 aliphatic heterocycles. The predicted octanol–water partition coefficient (Wildman–Crippen LogP) is 2.41. The lowest BCUT2D eigenvalue weighted by Gasteiger charge is -2.24. The van der Waals surface area contributed by atoms with Crippen molar-refractivity contribution in [2.45, 2.75) is 31.7 Å². The largest absolute Gasteiger partial charge is 0.247 e. The molecule has 2 aromatic heterocycles. The molecule has 6 nitrogen and oxygen atoms in total. The van der Waals surface area contributed by atoms with E-state index in [9.17, 15) is 8.42 Å². The number of pyridine rings is 1. The molecule has 0 fully saturated rings. The van der Waals surface area contributed by atoms with E-state index >= 15 is 0 Å². The molecular weight excluding hydrogens is 320 g/mol. The quantitative estimate of drug-likeness (QED) is 0.855. The molecule has 0 radical (unpaired) electrons. The van der Waals surface area contributed by atoms with E-state index in [1.807, 2.05) is 19.9 Å². The van der Waals surface area contributed by atoms with Gasteiger partial charge in [-0.2, -0.15) is 9.57 Å². The molecule has 0 aromatic carbocycles. The van der Waals surface area contributed by atoms with Gasteiger partial charge in [0.15, 0.2) is 5.69 Å². The van der Waals surface area contributed by atoms with Crippen molar-refractivity contribution in [2.24, 2.45) is 0 Å². The Balaban J connectivity index is 2.45. The standard InChI is InChI=1S/C14H16N4O2S2/c1-9-14(21-11(3)17-9)10(2)18(4)22(19,20)13-6-5-7-16-12(13)8-15/h5-7,10H,1-4H3/t10-/m0/s1. The smallest absolute Gasteiger partial charge is 0.246 e. The maximum absolute atomic E-state index is 12.8. The molecule has 0 aliphatic carbocycles. The van der Waals surface area contributed by atoms with E-state index in [4.69, 9.17) is 5.26 Å². The lowest BCUT2D eigenvalue weighted by atomic mass is 10.2. The fourth-order valence-electron chi connectivity index (χ4n) is 2.15. The third kappa shape index (κ3) is 2.88. The van der Waals surface area contributed by atoms with Gasteiger partial charge in [0.25, 0.3) is 0 Å². The van der Waals surface area contributed by atoms with Crippen LogP contribution in [0.25, 0.3) is 0 Å². The Morgan fingerprint density at radius 3 is 2.64 bits per heavy atom. The molecule has 0 spiro atoms. The SMILES string of the molecule is Cc1nc(C)c([C@H](C)N(C)S(=O)(=O)c2cccnc2C#N)s1. The number of aromatic nitrogens is 2. The minimum Gasteiger partial charge on any atom is -0.247 e. The molecule has 0 unspecified atom stereocenters. The fourth-order valence-corrected chi connectivity index (χ4v) is 4.66. The van der Waals surface area contributed by atoms with E-state index in [1.54, 1.807) is 6.92 Å². The molecule has 0 bridgehead atoms. The van der Waals surface area contributed by atoms with Gasteiger partial charge in [-0.3, -0.25) is 0 Å². The van der Waals surface area contributed by atoms with Gasteiger partial charge in [-0.15, -0.1) is 11.3 Å². The topological polar surface area (TPSA) is 87.0 Å². The molecule has 0 amide bonds. The number of thiazole rings is 1. The summed E-state index contributed by atoms with van der Waals surface area (Å²) in [6.07, 6.45) is 1.40. The summed E-state index contributed by atoms with van der Waals surface area (Å²) in [4.78, 5) is 8.97. The summed E-state index contributed by atoms with van der Waals surface area (Å²) in [6.45, 7) is 5.55. The van der Waals surface area contributed by atoms with Gasteiger partial charge in [0, 0.05) is 18.1 Å². The van der Waals surface area contributed by atoms with E-state index in [2.05, 4.69) is 9.97 Å². The van der Waals surface area contributed by atoms with Crippen LogP contribution in [-0.4, -0.2) is 29.7 Å². The van der Waals surface area contributed by atoms with Crippen molar-refractivity contribution < 1.29 is 8.42 Å². The highest BCUT2D eigenvalue weighted by Crippen LogP contribution is 2.32. The van der Waals surface area contributed by atoms with Crippen molar-refractivity contribution in [3.8, 4) is 6.07 Å². The minimum absolute atomic E-state index is 0.0780. The second kappa shape index (κ2) is 6.12. The van der Waals surface area contributed by atoms with E-state index < -0.39 is 10.0 Å². The summed E-state index contributed by atoms with van der Waals surface area (Å²) in [5.41, 5.74) is 0.725. The van der Waals surface area contributed by atoms with Crippen LogP contribution in [-0.2, 0) is 10.0 Å². The van der Waals surface area contributed by atoms with Gasteiger partial charge in [-0.1, -0.05) is 0 Å². The third-order valence-corrected chi connectivity index (χ3v) is 6.60. The van der Waals surface area contributed by atoms with Gasteiger partial charge in [-0.25, -0.2) is 18.4 Å². The van der Waals surface area contributed by atoms with Crippen molar-refractivity contribution in [1.29, 1.82) is 5.26 Å². The van der Waals surface area contributed by atoms with Crippen molar-refractivity contribution in [1.82, 2.24) is 14.3 Å². The number of hydrogen-bond donors (Lipinski definition) is 0. The highest BCUT2D eigenvalue weighted by molar-refractivity contribution is 7.89. The Labute approximate surface area is 134 Å². The molecule has 0 N–H and O–H groups in total. The maximum atomic E-state index is 12.8. The van der Waals surface area contributed by atoms with Crippen LogP contribution in [0, 0.1) is 25.2 Å². The zero-order valence-electron chi connectivity index (χ0n) is 12.7. The molecule has 0 saturated heterocycles. The molecular formula is C14H16N4O2S2. The fraction of sp³-hybridized carbons (Fsp3) is 0.357. The van der Waals surface area contributed by atoms with E-state index in [0.717, 1.165) is 15.6 Å². The predicted molar refractivity (Wildman–Crippen MR) is 83.9 cm³/mol. The molecule has 1 atom stereocenters. The average Bonchev–Trinajstić information content (AvgIpc) is 2.84. The van der Waals surface area contributed by atoms with Crippen LogP contribution in [0.2, 0.25) is 0 Å². The summed E-state index contributed by atoms with van der Waals surface area (Å²) >= 11 is 1.47. The molecule has 0 aliphatic rings. The van der Waals surface area contributed by atoms with Gasteiger partial charge in [0.05, 0.1) is 16.7 Å². The van der Waals surface area contributed by atoms with Gasteiger partial charge < -0.3 is 0 Å². The first-order valence-corrected chi connectivity index (χ1v) is 8.81. The number of nitriles is 1. The van der Waals surface area contributed by atoms with Crippen LogP contribution in [0.4, 0.5) is 0 Å². The normalized spacial score (nSPS) is 13.1. The molecule has 0 saturated carbocycles. The number of hydrogen-bond acceptors (Lipinski definition) is 6. The van der Waals surface area contributed by atoms with Crippen molar-refractivity contribution in [2.75, 3.05) is 7.05 Å². The highest BCUT2D eigenvalue weighted by Gasteiger charge is 2.30. The minimum atomic E-state index is -3.81. The molecule has 116 valence electrons. The summed E-state index contributed by atoms with van der Waals surface area (Å²) in [5, 5.41) is 9.96. The summed E-state index contributed by atoms with van der Waals surface area (Å²) in [5.74, 6) is 0. The van der Waals surface area contributed by atoms with E-state index in [1.165, 1.54) is 41.0 Å². The Morgan fingerprint density at radius 1 is 1.41 bits per heavy atom. The Bertz CT molecular complexity index is 837. The highest BCUT2D eigenvalue weighted by atomic mass is 32.2. The van der Waals surface area contributed by atoms with Crippen LogP contribution in [0.5, 0.6) is 0 Å². The van der Waals surface area contributed by atoms with Crippen molar-refractivity contribution in [3.63, 3.8) is 0 Å². The third-order valence-electron chi connectivity index (χ3n) is 3.40. The Kier molecular flexibility index (Phi) is 4.60. The second-order valence-electron chi connectivity index (χ2n) is 4.84. The van der Waals surface area contributed by atoms with Crippen LogP contribution < -0.4 is 0 Å². The van der Waals surface area contributed by atoms with E-state index in [-0.39, 0.29) is 16.6 Å². The molecule has 22 heavy (non-hydrogen) atoms. The van der Waals surface area contributed by atoms with Gasteiger partial charge in [0.2, 0.25) is 10.0 Å². The summed E-state index contributed by atoms with van der Waals surface area (Å²) < 4.78 is 26.8. The summed E-state index contributed by atoms with van der Waals surface area (Å²) in [6, 6.07) is 4.36. The number of aryl methyl sites for hydroxylation is 2. The molecule has 2 heterocycles. The van der Waals surface area contributed by atoms with Gasteiger partial charge in [0.1, 0.15) is 11.0 Å². The first kappa shape index (κ1) is 16.5. The number of sulfonamides is 1. The second-order valence-corrected chi connectivity index (χ2v) is 8.04. The van der Waals surface area contributed by atoms with Crippen molar-refractivity contribution in [3.05, 3.63) is 39.6 Å². The first-order valence-electron chi connectivity index (χ1n) is 6.56. The monoisotopic (exact) mass is 336 g/mol. The van der Waals surface area contributed by atoms with Crippen molar-refractivity contribution >= 4 is 21.4 Å². The lowest BCUT2D eigenvalue weighted by Crippen LogP contribution is -2.30. The average molecular weight is 336 g/mol. The van der Waals surface area contributed by atoms with Crippen LogP contribution >= 0.6 is 11.3 Å². The zero-order chi connectivity index (χ0) is 16.5. The number of nitrogens with zero attached hydrogens (tertiary/aromatic N) is 4. The van der Waals surface area contributed by atoms with Crippen LogP contribution in [0.1, 0.15) is 34.2 Å². The Hall–Kier alpha value is -1.82. The van der Waals surface area contributed by atoms with Gasteiger partial charge >= 0.3 is 0 Å². The first-order chi connectivity index (χ1) is 10.3. The van der Waals surface area contributed by atoms with Gasteiger partial charge in [-0.05, 0) is 32.9 Å². The van der Waals surface area contributed by atoms with Crippen LogP contribution in [0.3, 0.4) is 0 Å². The lowest BCUT2D eigenvalue weighted by molar-refractivity contribution is 0.401. The van der Waals surface area contributed by atoms with Crippen LogP contribution in [0.15, 0.2) is 23.2 Å². The molecule has 2 rings (SSSR count). The molecule has 2 aromatic rings. The Morgan fingerprint density at radius 2 is 2.09 bits per heavy atom. The van der Waals surface area contributed by atoms with E-state index in [0.29, 0.717) is 0 Å². The maximum Gasteiger partial charge on any atom is 0.246 e.